The van der Waals surface area contributed by atoms with Crippen LogP contribution < -0.4 is 16.0 Å². The van der Waals surface area contributed by atoms with Gasteiger partial charge >= 0.3 is 6.18 Å². The summed E-state index contributed by atoms with van der Waals surface area (Å²) in [5.41, 5.74) is 1.26. The molecule has 0 unspecified atom stereocenters. The first-order valence-corrected chi connectivity index (χ1v) is 9.58. The molecule has 0 aliphatic carbocycles. The number of nitrogens with zero attached hydrogens (tertiary/aromatic N) is 5. The second-order valence-electron chi connectivity index (χ2n) is 6.51. The number of hydrogen-bond donors (Lipinski definition) is 3. The molecule has 0 radical (unpaired) electrons. The van der Waals surface area contributed by atoms with Gasteiger partial charge in [-0.15, -0.1) is 24.0 Å². The molecule has 0 saturated heterocycles. The predicted octanol–water partition coefficient (Wildman–Crippen LogP) is 3.14. The Bertz CT molecular complexity index is 993. The Labute approximate surface area is 200 Å². The van der Waals surface area contributed by atoms with E-state index in [1.807, 2.05) is 41.2 Å². The molecule has 2 aromatic heterocycles. The largest absolute Gasteiger partial charge is 0.433 e. The zero-order valence-corrected chi connectivity index (χ0v) is 19.6. The van der Waals surface area contributed by atoms with Crippen molar-refractivity contribution in [2.45, 2.75) is 19.3 Å². The van der Waals surface area contributed by atoms with Gasteiger partial charge in [0, 0.05) is 45.3 Å². The van der Waals surface area contributed by atoms with Crippen molar-refractivity contribution in [1.82, 2.24) is 30.4 Å². The van der Waals surface area contributed by atoms with Crippen LogP contribution in [0.4, 0.5) is 19.1 Å². The number of guanidine groups is 1. The highest BCUT2D eigenvalue weighted by molar-refractivity contribution is 14.0. The molecule has 0 bridgehead atoms. The molecule has 0 atom stereocenters. The Balaban J connectivity index is 0.00000363. The van der Waals surface area contributed by atoms with Crippen LogP contribution >= 0.6 is 24.0 Å². The first-order chi connectivity index (χ1) is 15.0. The Morgan fingerprint density at radius 2 is 1.81 bits per heavy atom. The molecule has 0 aliphatic heterocycles. The average Bonchev–Trinajstić information content (AvgIpc) is 3.27. The van der Waals surface area contributed by atoms with Gasteiger partial charge in [0.2, 0.25) is 5.95 Å². The predicted molar refractivity (Wildman–Crippen MR) is 127 cm³/mol. The van der Waals surface area contributed by atoms with E-state index < -0.39 is 11.9 Å². The summed E-state index contributed by atoms with van der Waals surface area (Å²) in [7, 11) is 1.65. The summed E-state index contributed by atoms with van der Waals surface area (Å²) in [5.74, 6) is 0.493. The molecule has 3 rings (SSSR count). The standard InChI is InChI=1S/C20H23F3N8.HI/c1-24-18(26-10-11-27-19-25-9-7-17(30-19)20(21,22)23)28-13-15-5-2-3-6-16(15)14-31-12-4-8-29-31;/h2-9,12H,10-11,13-14H2,1H3,(H2,24,26,28)(H,25,27,30);1H. The molecule has 172 valence electrons. The summed E-state index contributed by atoms with van der Waals surface area (Å²) >= 11 is 0. The third-order valence-electron chi connectivity index (χ3n) is 4.33. The molecule has 3 N–H and O–H groups in total. The molecule has 0 fully saturated rings. The van der Waals surface area contributed by atoms with E-state index in [2.05, 4.69) is 36.0 Å². The number of aliphatic imine (C=N–C) groups is 1. The number of anilines is 1. The highest BCUT2D eigenvalue weighted by Gasteiger charge is 2.32. The van der Waals surface area contributed by atoms with E-state index in [1.54, 1.807) is 13.2 Å². The molecular formula is C20H24F3IN8. The smallest absolute Gasteiger partial charge is 0.355 e. The third-order valence-corrected chi connectivity index (χ3v) is 4.33. The maximum Gasteiger partial charge on any atom is 0.433 e. The van der Waals surface area contributed by atoms with E-state index in [0.29, 0.717) is 32.1 Å². The summed E-state index contributed by atoms with van der Waals surface area (Å²) in [6, 6.07) is 10.7. The van der Waals surface area contributed by atoms with Gasteiger partial charge in [-0.2, -0.15) is 18.3 Å². The van der Waals surface area contributed by atoms with Gasteiger partial charge < -0.3 is 16.0 Å². The van der Waals surface area contributed by atoms with Gasteiger partial charge in [-0.05, 0) is 23.3 Å². The fraction of sp³-hybridized carbons (Fsp3) is 0.300. The lowest BCUT2D eigenvalue weighted by molar-refractivity contribution is -0.141. The summed E-state index contributed by atoms with van der Waals surface area (Å²) in [4.78, 5) is 11.4. The summed E-state index contributed by atoms with van der Waals surface area (Å²) in [6.45, 7) is 1.95. The minimum atomic E-state index is -4.50. The molecule has 1 aromatic carbocycles. The molecule has 3 aromatic rings. The minimum absolute atomic E-state index is 0. The maximum atomic E-state index is 12.7. The summed E-state index contributed by atoms with van der Waals surface area (Å²) in [5, 5.41) is 13.3. The molecule has 0 saturated carbocycles. The topological polar surface area (TPSA) is 92.0 Å². The average molecular weight is 560 g/mol. The highest BCUT2D eigenvalue weighted by atomic mass is 127. The second-order valence-corrected chi connectivity index (χ2v) is 6.51. The van der Waals surface area contributed by atoms with E-state index in [9.17, 15) is 13.2 Å². The monoisotopic (exact) mass is 560 g/mol. The van der Waals surface area contributed by atoms with Crippen LogP contribution in [0.25, 0.3) is 0 Å². The van der Waals surface area contributed by atoms with Gasteiger partial charge in [-0.1, -0.05) is 24.3 Å². The normalized spacial score (nSPS) is 11.6. The molecule has 2 heterocycles. The zero-order valence-electron chi connectivity index (χ0n) is 17.3. The number of hydrogen-bond acceptors (Lipinski definition) is 5. The fourth-order valence-corrected chi connectivity index (χ4v) is 2.81. The SMILES string of the molecule is CN=C(NCCNc1nccc(C(F)(F)F)n1)NCc1ccccc1Cn1cccn1.I. The van der Waals surface area contributed by atoms with E-state index in [0.717, 1.165) is 23.4 Å². The first-order valence-electron chi connectivity index (χ1n) is 9.58. The number of halogens is 4. The summed E-state index contributed by atoms with van der Waals surface area (Å²) < 4.78 is 40.0. The van der Waals surface area contributed by atoms with Gasteiger partial charge in [0.05, 0.1) is 6.54 Å². The highest BCUT2D eigenvalue weighted by Crippen LogP contribution is 2.27. The molecule has 0 spiro atoms. The number of benzene rings is 1. The summed E-state index contributed by atoms with van der Waals surface area (Å²) in [6.07, 6.45) is 0.223. The second kappa shape index (κ2) is 12.2. The Morgan fingerprint density at radius 1 is 1.03 bits per heavy atom. The van der Waals surface area contributed by atoms with Crippen LogP contribution in [0.1, 0.15) is 16.8 Å². The van der Waals surface area contributed by atoms with Crippen LogP contribution in [0.15, 0.2) is 60.0 Å². The third kappa shape index (κ3) is 7.66. The molecule has 12 heteroatoms. The molecule has 8 nitrogen and oxygen atoms in total. The van der Waals surface area contributed by atoms with Crippen LogP contribution in [-0.2, 0) is 19.3 Å². The van der Waals surface area contributed by atoms with Gasteiger partial charge in [0.25, 0.3) is 0 Å². The van der Waals surface area contributed by atoms with Crippen molar-refractivity contribution in [3.8, 4) is 0 Å². The fourth-order valence-electron chi connectivity index (χ4n) is 2.81. The van der Waals surface area contributed by atoms with E-state index in [4.69, 9.17) is 0 Å². The zero-order chi connectivity index (χ0) is 22.1. The van der Waals surface area contributed by atoms with E-state index >= 15 is 0 Å². The number of rotatable bonds is 8. The van der Waals surface area contributed by atoms with Crippen LogP contribution in [0, 0.1) is 0 Å². The lowest BCUT2D eigenvalue weighted by Gasteiger charge is -2.15. The molecular weight excluding hydrogens is 536 g/mol. The quantitative estimate of drug-likeness (QED) is 0.170. The Kier molecular flexibility index (Phi) is 9.68. The van der Waals surface area contributed by atoms with Crippen LogP contribution in [0.2, 0.25) is 0 Å². The Morgan fingerprint density at radius 3 is 2.50 bits per heavy atom. The van der Waals surface area contributed by atoms with Crippen LogP contribution in [0.3, 0.4) is 0 Å². The molecule has 0 amide bonds. The van der Waals surface area contributed by atoms with E-state index in [1.165, 1.54) is 0 Å². The lowest BCUT2D eigenvalue weighted by Crippen LogP contribution is -2.39. The van der Waals surface area contributed by atoms with Crippen molar-refractivity contribution in [3.05, 3.63) is 71.8 Å². The van der Waals surface area contributed by atoms with Gasteiger partial charge in [-0.25, -0.2) is 9.97 Å². The van der Waals surface area contributed by atoms with E-state index in [-0.39, 0.29) is 29.9 Å². The van der Waals surface area contributed by atoms with Crippen molar-refractivity contribution >= 4 is 35.9 Å². The molecule has 0 aliphatic rings. The van der Waals surface area contributed by atoms with Gasteiger partial charge in [0.1, 0.15) is 5.69 Å². The lowest BCUT2D eigenvalue weighted by atomic mass is 10.1. The minimum Gasteiger partial charge on any atom is -0.355 e. The number of alkyl halides is 3. The number of nitrogens with one attached hydrogen (secondary N) is 3. The number of aromatic nitrogens is 4. The van der Waals surface area contributed by atoms with Crippen molar-refractivity contribution in [1.29, 1.82) is 0 Å². The maximum absolute atomic E-state index is 12.7. The van der Waals surface area contributed by atoms with Crippen LogP contribution in [0.5, 0.6) is 0 Å². The van der Waals surface area contributed by atoms with Gasteiger partial charge in [-0.3, -0.25) is 9.67 Å². The van der Waals surface area contributed by atoms with Crippen molar-refractivity contribution in [2.24, 2.45) is 4.99 Å². The Hall–Kier alpha value is -2.90. The molecule has 32 heavy (non-hydrogen) atoms. The van der Waals surface area contributed by atoms with Gasteiger partial charge in [0.15, 0.2) is 5.96 Å². The van der Waals surface area contributed by atoms with Crippen molar-refractivity contribution < 1.29 is 13.2 Å². The van der Waals surface area contributed by atoms with Crippen molar-refractivity contribution in [3.63, 3.8) is 0 Å². The first kappa shape index (κ1) is 25.4. The van der Waals surface area contributed by atoms with Crippen LogP contribution in [-0.4, -0.2) is 45.8 Å². The van der Waals surface area contributed by atoms with Crippen molar-refractivity contribution in [2.75, 3.05) is 25.5 Å².